The van der Waals surface area contributed by atoms with Crippen molar-refractivity contribution >= 4 is 11.0 Å². The van der Waals surface area contributed by atoms with Gasteiger partial charge in [-0.25, -0.2) is 0 Å². The number of phenolic OH excluding ortho intramolecular Hbond substituents is 3. The van der Waals surface area contributed by atoms with Crippen LogP contribution in [0.3, 0.4) is 0 Å². The average molecular weight is 404 g/mol. The lowest BCUT2D eigenvalue weighted by Gasteiger charge is -2.31. The number of phenols is 3. The van der Waals surface area contributed by atoms with Crippen LogP contribution >= 0.6 is 0 Å². The molecular formula is C25H24O5. The summed E-state index contributed by atoms with van der Waals surface area (Å²) in [5.74, 6) is -0.513. The maximum atomic E-state index is 13.3. The summed E-state index contributed by atoms with van der Waals surface area (Å²) < 4.78 is 5.59. The Labute approximate surface area is 174 Å². The summed E-state index contributed by atoms with van der Waals surface area (Å²) >= 11 is 0. The quantitative estimate of drug-likeness (QED) is 0.495. The minimum absolute atomic E-state index is 0.0328. The van der Waals surface area contributed by atoms with Gasteiger partial charge in [0.1, 0.15) is 34.5 Å². The zero-order valence-electron chi connectivity index (χ0n) is 17.0. The van der Waals surface area contributed by atoms with Crippen LogP contribution in [0.1, 0.15) is 38.2 Å². The van der Waals surface area contributed by atoms with E-state index in [1.807, 2.05) is 19.9 Å². The van der Waals surface area contributed by atoms with Crippen molar-refractivity contribution in [2.75, 3.05) is 0 Å². The second-order valence-corrected chi connectivity index (χ2v) is 8.09. The van der Waals surface area contributed by atoms with E-state index in [1.165, 1.54) is 30.0 Å². The minimum atomic E-state index is -0.399. The van der Waals surface area contributed by atoms with E-state index >= 15 is 0 Å². The van der Waals surface area contributed by atoms with Gasteiger partial charge in [-0.05, 0) is 50.3 Å². The van der Waals surface area contributed by atoms with Crippen molar-refractivity contribution in [1.82, 2.24) is 0 Å². The third-order valence-corrected chi connectivity index (χ3v) is 5.95. The fourth-order valence-electron chi connectivity index (χ4n) is 4.34. The van der Waals surface area contributed by atoms with Crippen LogP contribution in [0, 0.1) is 5.92 Å². The Hall–Kier alpha value is -3.47. The van der Waals surface area contributed by atoms with Gasteiger partial charge < -0.3 is 19.7 Å². The van der Waals surface area contributed by atoms with Gasteiger partial charge >= 0.3 is 0 Å². The third kappa shape index (κ3) is 3.26. The third-order valence-electron chi connectivity index (χ3n) is 5.95. The molecule has 154 valence electrons. The van der Waals surface area contributed by atoms with Gasteiger partial charge in [0.25, 0.3) is 0 Å². The molecule has 5 nitrogen and oxygen atoms in total. The highest BCUT2D eigenvalue weighted by molar-refractivity contribution is 5.90. The van der Waals surface area contributed by atoms with Crippen LogP contribution in [0.5, 0.6) is 17.2 Å². The Morgan fingerprint density at radius 1 is 1.17 bits per heavy atom. The standard InChI is InChI=1S/C25H24O5/c1-13(2)17-9-4-14(3)10-18(17)22-20(27)11-21-23(25(22)29)24(28)19(12-30-21)15-5-7-16(26)8-6-15/h5-8,10-12,17-18,26-27,29H,1,4,9H2,2-3H3. The molecule has 5 heteroatoms. The largest absolute Gasteiger partial charge is 0.508 e. The fourth-order valence-corrected chi connectivity index (χ4v) is 4.34. The molecule has 0 fully saturated rings. The van der Waals surface area contributed by atoms with Crippen LogP contribution in [0.15, 0.2) is 69.6 Å². The van der Waals surface area contributed by atoms with Crippen molar-refractivity contribution in [3.8, 4) is 28.4 Å². The first kappa shape index (κ1) is 19.8. The predicted octanol–water partition coefficient (Wildman–Crippen LogP) is 5.59. The molecule has 0 amide bonds. The van der Waals surface area contributed by atoms with E-state index in [-0.39, 0.29) is 45.6 Å². The van der Waals surface area contributed by atoms with Gasteiger partial charge in [0.05, 0.1) is 5.56 Å². The van der Waals surface area contributed by atoms with Gasteiger partial charge in [0, 0.05) is 17.5 Å². The number of aromatic hydroxyl groups is 3. The van der Waals surface area contributed by atoms with Crippen molar-refractivity contribution in [2.24, 2.45) is 5.92 Å². The van der Waals surface area contributed by atoms with Crippen molar-refractivity contribution in [2.45, 2.75) is 32.6 Å². The fraction of sp³-hybridized carbons (Fsp3) is 0.240. The van der Waals surface area contributed by atoms with E-state index in [2.05, 4.69) is 6.58 Å². The first-order valence-electron chi connectivity index (χ1n) is 9.90. The molecule has 30 heavy (non-hydrogen) atoms. The number of fused-ring (bicyclic) bond motifs is 1. The van der Waals surface area contributed by atoms with Crippen LogP contribution in [-0.4, -0.2) is 15.3 Å². The molecule has 0 saturated carbocycles. The number of rotatable bonds is 3. The minimum Gasteiger partial charge on any atom is -0.508 e. The van der Waals surface area contributed by atoms with E-state index in [0.717, 1.165) is 18.4 Å². The Balaban J connectivity index is 1.97. The van der Waals surface area contributed by atoms with E-state index in [0.29, 0.717) is 11.1 Å². The van der Waals surface area contributed by atoms with Crippen molar-refractivity contribution in [1.29, 1.82) is 0 Å². The van der Waals surface area contributed by atoms with Gasteiger partial charge in [-0.15, -0.1) is 0 Å². The lowest BCUT2D eigenvalue weighted by molar-refractivity contribution is 0.408. The number of allylic oxidation sites excluding steroid dienone is 3. The molecule has 2 atom stereocenters. The Morgan fingerprint density at radius 2 is 1.87 bits per heavy atom. The molecule has 1 aromatic heterocycles. The van der Waals surface area contributed by atoms with E-state index in [4.69, 9.17) is 4.42 Å². The monoisotopic (exact) mass is 404 g/mol. The van der Waals surface area contributed by atoms with Gasteiger partial charge in [0.15, 0.2) is 0 Å². The summed E-state index contributed by atoms with van der Waals surface area (Å²) in [5, 5.41) is 31.4. The lowest BCUT2D eigenvalue weighted by Crippen LogP contribution is -2.17. The van der Waals surface area contributed by atoms with Crippen LogP contribution in [0.2, 0.25) is 0 Å². The van der Waals surface area contributed by atoms with E-state index in [9.17, 15) is 20.1 Å². The molecule has 3 N–H and O–H groups in total. The van der Waals surface area contributed by atoms with Crippen molar-refractivity contribution in [3.05, 3.63) is 76.2 Å². The molecule has 1 aliphatic carbocycles. The zero-order chi connectivity index (χ0) is 21.6. The highest BCUT2D eigenvalue weighted by Gasteiger charge is 2.31. The molecule has 0 radical (unpaired) electrons. The molecule has 0 bridgehead atoms. The molecule has 0 saturated heterocycles. The van der Waals surface area contributed by atoms with Crippen molar-refractivity contribution in [3.63, 3.8) is 0 Å². The normalized spacial score (nSPS) is 18.9. The second kappa shape index (κ2) is 7.41. The SMILES string of the molecule is C=C(C)C1CCC(C)=CC1c1c(O)cc2occ(-c3ccc(O)cc3)c(=O)c2c1O. The first-order chi connectivity index (χ1) is 14.3. The van der Waals surface area contributed by atoms with E-state index < -0.39 is 5.43 Å². The molecule has 4 rings (SSSR count). The van der Waals surface area contributed by atoms with Crippen LogP contribution in [0.25, 0.3) is 22.1 Å². The molecular weight excluding hydrogens is 380 g/mol. The summed E-state index contributed by atoms with van der Waals surface area (Å²) in [6, 6.07) is 7.56. The van der Waals surface area contributed by atoms with E-state index in [1.54, 1.807) is 12.1 Å². The maximum absolute atomic E-state index is 13.3. The van der Waals surface area contributed by atoms with Crippen LogP contribution in [0.4, 0.5) is 0 Å². The summed E-state index contributed by atoms with van der Waals surface area (Å²) in [6.45, 7) is 8.05. The highest BCUT2D eigenvalue weighted by atomic mass is 16.3. The van der Waals surface area contributed by atoms with Crippen LogP contribution < -0.4 is 5.43 Å². The lowest BCUT2D eigenvalue weighted by atomic mass is 9.73. The first-order valence-corrected chi connectivity index (χ1v) is 9.90. The molecule has 3 aromatic rings. The number of hydrogen-bond acceptors (Lipinski definition) is 5. The predicted molar refractivity (Wildman–Crippen MR) is 117 cm³/mol. The highest BCUT2D eigenvalue weighted by Crippen LogP contribution is 2.48. The molecule has 2 unspecified atom stereocenters. The Kier molecular flexibility index (Phi) is 4.90. The topological polar surface area (TPSA) is 90.9 Å². The second-order valence-electron chi connectivity index (χ2n) is 8.09. The summed E-state index contributed by atoms with van der Waals surface area (Å²) in [5.41, 5.74) is 3.00. The average Bonchev–Trinajstić information content (AvgIpc) is 2.68. The van der Waals surface area contributed by atoms with Gasteiger partial charge in [-0.2, -0.15) is 0 Å². The summed E-state index contributed by atoms with van der Waals surface area (Å²) in [6.07, 6.45) is 5.13. The number of hydrogen-bond donors (Lipinski definition) is 3. The molecule has 2 aromatic carbocycles. The molecule has 1 heterocycles. The van der Waals surface area contributed by atoms with Gasteiger partial charge in [-0.3, -0.25) is 4.79 Å². The molecule has 0 aliphatic heterocycles. The van der Waals surface area contributed by atoms with Crippen molar-refractivity contribution < 1.29 is 19.7 Å². The summed E-state index contributed by atoms with van der Waals surface area (Å²) in [7, 11) is 0. The van der Waals surface area contributed by atoms with Gasteiger partial charge in [0.2, 0.25) is 5.43 Å². The molecule has 1 aliphatic rings. The summed E-state index contributed by atoms with van der Waals surface area (Å²) in [4.78, 5) is 13.3. The number of benzene rings is 2. The molecule has 0 spiro atoms. The Bertz CT molecular complexity index is 1230. The van der Waals surface area contributed by atoms with Gasteiger partial charge in [-0.1, -0.05) is 35.9 Å². The van der Waals surface area contributed by atoms with Crippen LogP contribution in [-0.2, 0) is 0 Å². The maximum Gasteiger partial charge on any atom is 0.204 e. The zero-order valence-corrected chi connectivity index (χ0v) is 17.0. The smallest absolute Gasteiger partial charge is 0.204 e. The Morgan fingerprint density at radius 3 is 2.53 bits per heavy atom.